The summed E-state index contributed by atoms with van der Waals surface area (Å²) in [6, 6.07) is 25.5. The number of hydrogen-bond donors (Lipinski definition) is 1. The topological polar surface area (TPSA) is 47.6 Å². The van der Waals surface area contributed by atoms with Gasteiger partial charge in [-0.1, -0.05) is 37.3 Å². The summed E-state index contributed by atoms with van der Waals surface area (Å²) < 4.78 is 11.4. The maximum Gasteiger partial charge on any atom is 0.251 e. The lowest BCUT2D eigenvalue weighted by Crippen LogP contribution is -2.28. The number of rotatable bonds is 11. The van der Waals surface area contributed by atoms with Crippen LogP contribution in [0.1, 0.15) is 22.8 Å². The highest BCUT2D eigenvalue weighted by molar-refractivity contribution is 7.99. The van der Waals surface area contributed by atoms with E-state index in [0.717, 1.165) is 23.7 Å². The van der Waals surface area contributed by atoms with Crippen LogP contribution in [0, 0.1) is 0 Å². The van der Waals surface area contributed by atoms with E-state index in [4.69, 9.17) is 9.47 Å². The highest BCUT2D eigenvalue weighted by Crippen LogP contribution is 2.18. The Kier molecular flexibility index (Phi) is 8.66. The Hall–Kier alpha value is -2.92. The molecule has 156 valence electrons. The number of thioether (sulfide) groups is 1. The average Bonchev–Trinajstić information content (AvgIpc) is 2.81. The van der Waals surface area contributed by atoms with Crippen LogP contribution in [0.25, 0.3) is 0 Å². The number of amides is 1. The lowest BCUT2D eigenvalue weighted by molar-refractivity contribution is 0.0947. The molecule has 0 radical (unpaired) electrons. The van der Waals surface area contributed by atoms with E-state index in [-0.39, 0.29) is 5.91 Å². The van der Waals surface area contributed by atoms with Crippen molar-refractivity contribution in [1.29, 1.82) is 0 Å². The molecule has 0 atom stereocenters. The van der Waals surface area contributed by atoms with Gasteiger partial charge in [-0.15, -0.1) is 11.8 Å². The third kappa shape index (κ3) is 7.16. The molecule has 4 nitrogen and oxygen atoms in total. The van der Waals surface area contributed by atoms with Crippen molar-refractivity contribution in [3.05, 3.63) is 90.0 Å². The lowest BCUT2D eigenvalue weighted by atomic mass is 10.2. The zero-order valence-electron chi connectivity index (χ0n) is 17.2. The molecule has 0 saturated heterocycles. The molecule has 1 amide bonds. The predicted molar refractivity (Wildman–Crippen MR) is 123 cm³/mol. The van der Waals surface area contributed by atoms with E-state index < -0.39 is 0 Å². The van der Waals surface area contributed by atoms with Crippen LogP contribution in [0.3, 0.4) is 0 Å². The van der Waals surface area contributed by atoms with Crippen molar-refractivity contribution in [3.63, 3.8) is 0 Å². The van der Waals surface area contributed by atoms with Gasteiger partial charge in [-0.05, 0) is 60.5 Å². The molecule has 0 bridgehead atoms. The van der Waals surface area contributed by atoms with Gasteiger partial charge >= 0.3 is 0 Å². The third-order valence-corrected chi connectivity index (χ3v) is 5.44. The number of nitrogens with one attached hydrogen (secondary N) is 1. The molecule has 0 unspecified atom stereocenters. The zero-order chi connectivity index (χ0) is 21.0. The maximum atomic E-state index is 12.3. The molecule has 3 rings (SSSR count). The summed E-state index contributed by atoms with van der Waals surface area (Å²) in [5.41, 5.74) is 1.88. The van der Waals surface area contributed by atoms with E-state index in [9.17, 15) is 4.79 Å². The van der Waals surface area contributed by atoms with E-state index >= 15 is 0 Å². The Morgan fingerprint density at radius 2 is 1.47 bits per heavy atom. The van der Waals surface area contributed by atoms with E-state index in [1.54, 1.807) is 23.9 Å². The van der Waals surface area contributed by atoms with Gasteiger partial charge in [-0.25, -0.2) is 0 Å². The SMILES string of the molecule is CCc1ccc(OCCNC(=O)c2ccc(OCCSc3ccccc3)cc2)cc1. The van der Waals surface area contributed by atoms with Crippen LogP contribution >= 0.6 is 11.8 Å². The molecule has 1 N–H and O–H groups in total. The summed E-state index contributed by atoms with van der Waals surface area (Å²) in [5.74, 6) is 2.33. The molecule has 0 saturated carbocycles. The van der Waals surface area contributed by atoms with Crippen molar-refractivity contribution in [2.24, 2.45) is 0 Å². The highest BCUT2D eigenvalue weighted by atomic mass is 32.2. The van der Waals surface area contributed by atoms with Gasteiger partial charge in [0.15, 0.2) is 0 Å². The Balaban J connectivity index is 1.33. The van der Waals surface area contributed by atoms with Crippen LogP contribution in [-0.2, 0) is 6.42 Å². The van der Waals surface area contributed by atoms with Crippen LogP contribution in [0.2, 0.25) is 0 Å². The summed E-state index contributed by atoms with van der Waals surface area (Å²) in [6.07, 6.45) is 1.01. The number of ether oxygens (including phenoxy) is 2. The smallest absolute Gasteiger partial charge is 0.251 e. The van der Waals surface area contributed by atoms with E-state index in [2.05, 4.69) is 36.5 Å². The highest BCUT2D eigenvalue weighted by Gasteiger charge is 2.05. The molecule has 5 heteroatoms. The van der Waals surface area contributed by atoms with E-state index in [1.165, 1.54) is 10.5 Å². The first-order valence-corrected chi connectivity index (χ1v) is 11.1. The van der Waals surface area contributed by atoms with Crippen molar-refractivity contribution in [3.8, 4) is 11.5 Å². The van der Waals surface area contributed by atoms with Crippen molar-refractivity contribution >= 4 is 17.7 Å². The van der Waals surface area contributed by atoms with E-state index in [1.807, 2.05) is 42.5 Å². The van der Waals surface area contributed by atoms with Gasteiger partial charge in [0.2, 0.25) is 0 Å². The van der Waals surface area contributed by atoms with Gasteiger partial charge in [0.25, 0.3) is 5.91 Å². The van der Waals surface area contributed by atoms with Crippen LogP contribution in [0.5, 0.6) is 11.5 Å². The second kappa shape index (κ2) is 11.9. The standard InChI is InChI=1S/C25H27NO3S/c1-2-20-8-12-22(13-9-20)28-17-16-26-25(27)21-10-14-23(15-11-21)29-18-19-30-24-6-4-3-5-7-24/h3-15H,2,16-19H2,1H3,(H,26,27). The van der Waals surface area contributed by atoms with Crippen molar-refractivity contribution in [2.45, 2.75) is 18.2 Å². The third-order valence-electron chi connectivity index (χ3n) is 4.47. The molecular weight excluding hydrogens is 394 g/mol. The number of carbonyl (C=O) groups excluding carboxylic acids is 1. The maximum absolute atomic E-state index is 12.3. The molecule has 3 aromatic rings. The summed E-state index contributed by atoms with van der Waals surface area (Å²) in [5, 5.41) is 2.87. The second-order valence-electron chi connectivity index (χ2n) is 6.64. The van der Waals surface area contributed by atoms with Gasteiger partial charge in [0.05, 0.1) is 13.2 Å². The molecular formula is C25H27NO3S. The molecule has 0 fully saturated rings. The van der Waals surface area contributed by atoms with Crippen LogP contribution < -0.4 is 14.8 Å². The first kappa shape index (κ1) is 21.8. The van der Waals surface area contributed by atoms with Crippen LogP contribution in [0.4, 0.5) is 0 Å². The van der Waals surface area contributed by atoms with Gasteiger partial charge in [0, 0.05) is 16.2 Å². The zero-order valence-corrected chi connectivity index (χ0v) is 18.0. The van der Waals surface area contributed by atoms with Gasteiger partial charge in [-0.3, -0.25) is 4.79 Å². The molecule has 3 aromatic carbocycles. The minimum atomic E-state index is -0.119. The summed E-state index contributed by atoms with van der Waals surface area (Å²) in [4.78, 5) is 13.5. The minimum absolute atomic E-state index is 0.119. The predicted octanol–water partition coefficient (Wildman–Crippen LogP) is 5.23. The van der Waals surface area contributed by atoms with Crippen molar-refractivity contribution in [2.75, 3.05) is 25.5 Å². The van der Waals surface area contributed by atoms with Crippen LogP contribution in [-0.4, -0.2) is 31.4 Å². The Labute approximate surface area is 182 Å². The van der Waals surface area contributed by atoms with Crippen LogP contribution in [0.15, 0.2) is 83.8 Å². The molecule has 0 aromatic heterocycles. The number of carbonyl (C=O) groups is 1. The lowest BCUT2D eigenvalue weighted by Gasteiger charge is -2.09. The first-order chi connectivity index (χ1) is 14.7. The van der Waals surface area contributed by atoms with Gasteiger partial charge < -0.3 is 14.8 Å². The Bertz CT molecular complexity index is 896. The molecule has 0 aliphatic heterocycles. The van der Waals surface area contributed by atoms with Gasteiger partial charge in [0.1, 0.15) is 18.1 Å². The Morgan fingerprint density at radius 1 is 0.833 bits per heavy atom. The second-order valence-corrected chi connectivity index (χ2v) is 7.80. The summed E-state index contributed by atoms with van der Waals surface area (Å²) >= 11 is 1.76. The first-order valence-electron chi connectivity index (χ1n) is 10.2. The number of benzene rings is 3. The molecule has 0 heterocycles. The fraction of sp³-hybridized carbons (Fsp3) is 0.240. The number of aryl methyl sites for hydroxylation is 1. The normalized spacial score (nSPS) is 10.4. The van der Waals surface area contributed by atoms with Crippen molar-refractivity contribution in [1.82, 2.24) is 5.32 Å². The fourth-order valence-corrected chi connectivity index (χ4v) is 3.55. The summed E-state index contributed by atoms with van der Waals surface area (Å²) in [6.45, 7) is 3.61. The minimum Gasteiger partial charge on any atom is -0.493 e. The molecule has 0 spiro atoms. The van der Waals surface area contributed by atoms with Crippen molar-refractivity contribution < 1.29 is 14.3 Å². The Morgan fingerprint density at radius 3 is 2.13 bits per heavy atom. The average molecular weight is 422 g/mol. The fourth-order valence-electron chi connectivity index (χ4n) is 2.80. The quantitative estimate of drug-likeness (QED) is 0.340. The monoisotopic (exact) mass is 421 g/mol. The molecule has 30 heavy (non-hydrogen) atoms. The van der Waals surface area contributed by atoms with Gasteiger partial charge in [-0.2, -0.15) is 0 Å². The molecule has 0 aliphatic rings. The largest absolute Gasteiger partial charge is 0.493 e. The molecule has 0 aliphatic carbocycles. The number of hydrogen-bond acceptors (Lipinski definition) is 4. The van der Waals surface area contributed by atoms with E-state index in [0.29, 0.717) is 25.3 Å². The summed E-state index contributed by atoms with van der Waals surface area (Å²) in [7, 11) is 0.